The second kappa shape index (κ2) is 6.78. The van der Waals surface area contributed by atoms with Crippen LogP contribution < -0.4 is 0 Å². The number of nitrogens with zero attached hydrogens (tertiary/aromatic N) is 1. The van der Waals surface area contributed by atoms with Crippen molar-refractivity contribution in [2.24, 2.45) is 5.92 Å². The van der Waals surface area contributed by atoms with E-state index in [4.69, 9.17) is 0 Å². The maximum Gasteiger partial charge on any atom is 0.254 e. The second-order valence-corrected chi connectivity index (χ2v) is 6.17. The molecule has 0 bridgehead atoms. The van der Waals surface area contributed by atoms with E-state index in [0.29, 0.717) is 17.5 Å². The molecule has 0 atom stereocenters. The Kier molecular flexibility index (Phi) is 5.05. The number of hydrogen-bond donors (Lipinski definition) is 1. The molecular weight excluding hydrogens is 250 g/mol. The highest BCUT2D eigenvalue weighted by Crippen LogP contribution is 2.26. The molecule has 0 aliphatic heterocycles. The molecule has 1 saturated carbocycles. The highest BCUT2D eigenvalue weighted by Gasteiger charge is 2.27. The first-order valence-electron chi connectivity index (χ1n) is 7.68. The van der Waals surface area contributed by atoms with Gasteiger partial charge in [0.15, 0.2) is 0 Å². The van der Waals surface area contributed by atoms with E-state index in [1.165, 1.54) is 12.8 Å². The summed E-state index contributed by atoms with van der Waals surface area (Å²) in [6.45, 7) is 5.19. The van der Waals surface area contributed by atoms with Crippen LogP contribution in [0.1, 0.15) is 56.3 Å². The van der Waals surface area contributed by atoms with Crippen LogP contribution in [-0.2, 0) is 0 Å². The molecule has 0 heterocycles. The Morgan fingerprint density at radius 3 is 2.65 bits per heavy atom. The van der Waals surface area contributed by atoms with E-state index in [-0.39, 0.29) is 11.7 Å². The van der Waals surface area contributed by atoms with Crippen LogP contribution in [0.3, 0.4) is 0 Å². The van der Waals surface area contributed by atoms with Crippen molar-refractivity contribution >= 4 is 5.91 Å². The minimum Gasteiger partial charge on any atom is -0.508 e. The number of phenols is 1. The summed E-state index contributed by atoms with van der Waals surface area (Å²) in [6.07, 6.45) is 5.69. The second-order valence-electron chi connectivity index (χ2n) is 6.17. The third-order valence-electron chi connectivity index (χ3n) is 4.07. The van der Waals surface area contributed by atoms with E-state index in [0.717, 1.165) is 25.8 Å². The van der Waals surface area contributed by atoms with Gasteiger partial charge >= 0.3 is 0 Å². The molecule has 0 saturated heterocycles. The van der Waals surface area contributed by atoms with Crippen molar-refractivity contribution in [1.29, 1.82) is 0 Å². The monoisotopic (exact) mass is 275 g/mol. The van der Waals surface area contributed by atoms with Gasteiger partial charge in [-0.15, -0.1) is 0 Å². The summed E-state index contributed by atoms with van der Waals surface area (Å²) >= 11 is 0. The van der Waals surface area contributed by atoms with Gasteiger partial charge in [0.05, 0.1) is 0 Å². The number of carbonyl (C=O) groups excluding carboxylic acids is 1. The van der Waals surface area contributed by atoms with E-state index in [2.05, 4.69) is 13.8 Å². The molecule has 1 aromatic carbocycles. The normalized spacial score (nSPS) is 15.8. The molecule has 2 rings (SSSR count). The molecule has 0 unspecified atom stereocenters. The molecule has 1 amide bonds. The van der Waals surface area contributed by atoms with Gasteiger partial charge in [0.25, 0.3) is 5.91 Å². The van der Waals surface area contributed by atoms with E-state index >= 15 is 0 Å². The van der Waals surface area contributed by atoms with Crippen molar-refractivity contribution < 1.29 is 9.90 Å². The SMILES string of the molecule is CC(C)CCN(C(=O)c1cccc(O)c1)C1CCCC1. The number of benzene rings is 1. The van der Waals surface area contributed by atoms with Gasteiger partial charge in [-0.05, 0) is 43.4 Å². The van der Waals surface area contributed by atoms with Crippen LogP contribution in [0.5, 0.6) is 5.75 Å². The number of amides is 1. The van der Waals surface area contributed by atoms with E-state index in [9.17, 15) is 9.90 Å². The van der Waals surface area contributed by atoms with Gasteiger partial charge in [-0.2, -0.15) is 0 Å². The number of phenolic OH excluding ortho intramolecular Hbond substituents is 1. The molecule has 3 nitrogen and oxygen atoms in total. The Morgan fingerprint density at radius 2 is 2.05 bits per heavy atom. The lowest BCUT2D eigenvalue weighted by molar-refractivity contribution is 0.0671. The first kappa shape index (κ1) is 14.9. The van der Waals surface area contributed by atoms with Gasteiger partial charge in [0.1, 0.15) is 5.75 Å². The Labute approximate surface area is 121 Å². The van der Waals surface area contributed by atoms with Crippen LogP contribution in [0.15, 0.2) is 24.3 Å². The molecule has 1 aromatic rings. The van der Waals surface area contributed by atoms with Crippen molar-refractivity contribution in [2.45, 2.75) is 52.0 Å². The van der Waals surface area contributed by atoms with Crippen molar-refractivity contribution in [2.75, 3.05) is 6.54 Å². The fraction of sp³-hybridized carbons (Fsp3) is 0.588. The maximum absolute atomic E-state index is 12.7. The fourth-order valence-electron chi connectivity index (χ4n) is 2.87. The number of rotatable bonds is 5. The summed E-state index contributed by atoms with van der Waals surface area (Å²) in [5, 5.41) is 9.56. The minimum atomic E-state index is 0.0634. The van der Waals surface area contributed by atoms with Crippen molar-refractivity contribution in [3.8, 4) is 5.75 Å². The lowest BCUT2D eigenvalue weighted by Gasteiger charge is -2.30. The van der Waals surface area contributed by atoms with Crippen LogP contribution in [0.2, 0.25) is 0 Å². The van der Waals surface area contributed by atoms with Gasteiger partial charge < -0.3 is 10.0 Å². The average Bonchev–Trinajstić information content (AvgIpc) is 2.92. The molecule has 0 radical (unpaired) electrons. The topological polar surface area (TPSA) is 40.5 Å². The van der Waals surface area contributed by atoms with Crippen LogP contribution in [0.4, 0.5) is 0 Å². The number of aromatic hydroxyl groups is 1. The van der Waals surface area contributed by atoms with E-state index in [1.54, 1.807) is 24.3 Å². The van der Waals surface area contributed by atoms with Crippen LogP contribution in [0, 0.1) is 5.92 Å². The predicted molar refractivity (Wildman–Crippen MR) is 80.9 cm³/mol. The standard InChI is InChI=1S/C17H25NO2/c1-13(2)10-11-18(15-7-3-4-8-15)17(20)14-6-5-9-16(19)12-14/h5-6,9,12-13,15,19H,3-4,7-8,10-11H2,1-2H3. The molecular formula is C17H25NO2. The minimum absolute atomic E-state index is 0.0634. The Balaban J connectivity index is 2.14. The summed E-state index contributed by atoms with van der Waals surface area (Å²) in [6, 6.07) is 7.07. The van der Waals surface area contributed by atoms with Crippen LogP contribution in [-0.4, -0.2) is 28.5 Å². The highest BCUT2D eigenvalue weighted by atomic mass is 16.3. The third kappa shape index (κ3) is 3.75. The Morgan fingerprint density at radius 1 is 1.35 bits per heavy atom. The Hall–Kier alpha value is -1.51. The zero-order valence-corrected chi connectivity index (χ0v) is 12.5. The summed E-state index contributed by atoms with van der Waals surface area (Å²) < 4.78 is 0. The first-order chi connectivity index (χ1) is 9.58. The van der Waals surface area contributed by atoms with Gasteiger partial charge in [0, 0.05) is 18.2 Å². The van der Waals surface area contributed by atoms with Crippen LogP contribution >= 0.6 is 0 Å². The lowest BCUT2D eigenvalue weighted by atomic mass is 10.1. The predicted octanol–water partition coefficient (Wildman–Crippen LogP) is 3.82. The highest BCUT2D eigenvalue weighted by molar-refractivity contribution is 5.94. The number of hydrogen-bond acceptors (Lipinski definition) is 2. The smallest absolute Gasteiger partial charge is 0.254 e. The molecule has 3 heteroatoms. The fourth-order valence-corrected chi connectivity index (χ4v) is 2.87. The molecule has 0 spiro atoms. The van der Waals surface area contributed by atoms with Gasteiger partial charge in [-0.25, -0.2) is 0 Å². The molecule has 110 valence electrons. The molecule has 0 aromatic heterocycles. The molecule has 1 aliphatic carbocycles. The molecule has 1 fully saturated rings. The van der Waals surface area contributed by atoms with Crippen LogP contribution in [0.25, 0.3) is 0 Å². The van der Waals surface area contributed by atoms with E-state index in [1.807, 2.05) is 4.90 Å². The molecule has 1 aliphatic rings. The largest absolute Gasteiger partial charge is 0.508 e. The third-order valence-corrected chi connectivity index (χ3v) is 4.07. The molecule has 20 heavy (non-hydrogen) atoms. The van der Waals surface area contributed by atoms with Gasteiger partial charge in [0.2, 0.25) is 0 Å². The first-order valence-corrected chi connectivity index (χ1v) is 7.68. The molecule has 1 N–H and O–H groups in total. The summed E-state index contributed by atoms with van der Waals surface area (Å²) in [4.78, 5) is 14.7. The Bertz CT molecular complexity index is 450. The van der Waals surface area contributed by atoms with Gasteiger partial charge in [-0.3, -0.25) is 4.79 Å². The van der Waals surface area contributed by atoms with Crippen molar-refractivity contribution in [3.05, 3.63) is 29.8 Å². The summed E-state index contributed by atoms with van der Waals surface area (Å²) in [7, 11) is 0. The number of carbonyl (C=O) groups is 1. The van der Waals surface area contributed by atoms with Crippen molar-refractivity contribution in [3.63, 3.8) is 0 Å². The average molecular weight is 275 g/mol. The quantitative estimate of drug-likeness (QED) is 0.887. The van der Waals surface area contributed by atoms with Crippen molar-refractivity contribution in [1.82, 2.24) is 4.90 Å². The zero-order chi connectivity index (χ0) is 14.5. The van der Waals surface area contributed by atoms with E-state index < -0.39 is 0 Å². The summed E-state index contributed by atoms with van der Waals surface area (Å²) in [5.41, 5.74) is 0.598. The lowest BCUT2D eigenvalue weighted by Crippen LogP contribution is -2.40. The summed E-state index contributed by atoms with van der Waals surface area (Å²) in [5.74, 6) is 0.815. The zero-order valence-electron chi connectivity index (χ0n) is 12.5. The van der Waals surface area contributed by atoms with Gasteiger partial charge in [-0.1, -0.05) is 32.8 Å². The maximum atomic E-state index is 12.7.